The first-order valence-electron chi connectivity index (χ1n) is 9.39. The molecule has 28 heavy (non-hydrogen) atoms. The fourth-order valence-electron chi connectivity index (χ4n) is 2.95. The molecule has 0 spiro atoms. The number of rotatable bonds is 9. The molecule has 6 nitrogen and oxygen atoms in total. The van der Waals surface area contributed by atoms with Crippen molar-refractivity contribution in [1.29, 1.82) is 0 Å². The minimum Gasteiger partial charge on any atom is -0.493 e. The number of hydrogen-bond acceptors (Lipinski definition) is 3. The number of halogens is 1. The van der Waals surface area contributed by atoms with Crippen LogP contribution in [0.15, 0.2) is 41.5 Å². The summed E-state index contributed by atoms with van der Waals surface area (Å²) in [7, 11) is 7.46. The molecule has 7 heteroatoms. The van der Waals surface area contributed by atoms with Gasteiger partial charge in [0.1, 0.15) is 0 Å². The first-order chi connectivity index (χ1) is 13.1. The molecule has 2 aromatic rings. The predicted octanol–water partition coefficient (Wildman–Crippen LogP) is 3.69. The number of benzene rings is 1. The fraction of sp³-hybridized carbons (Fsp3) is 0.476. The lowest BCUT2D eigenvalue weighted by Crippen LogP contribution is -2.38. The number of ether oxygens (including phenoxy) is 2. The van der Waals surface area contributed by atoms with Gasteiger partial charge in [-0.1, -0.05) is 6.07 Å². The molecule has 0 aliphatic heterocycles. The molecule has 0 bridgehead atoms. The van der Waals surface area contributed by atoms with Crippen molar-refractivity contribution in [3.05, 3.63) is 47.8 Å². The van der Waals surface area contributed by atoms with Gasteiger partial charge >= 0.3 is 0 Å². The van der Waals surface area contributed by atoms with Crippen LogP contribution >= 0.6 is 24.0 Å². The largest absolute Gasteiger partial charge is 0.493 e. The molecule has 0 amide bonds. The van der Waals surface area contributed by atoms with Crippen molar-refractivity contribution in [2.45, 2.75) is 26.3 Å². The maximum atomic E-state index is 5.37. The predicted molar refractivity (Wildman–Crippen MR) is 126 cm³/mol. The molecule has 0 aliphatic carbocycles. The lowest BCUT2D eigenvalue weighted by atomic mass is 10.1. The summed E-state index contributed by atoms with van der Waals surface area (Å²) >= 11 is 0. The maximum absolute atomic E-state index is 5.37. The molecule has 2 rings (SSSR count). The third kappa shape index (κ3) is 6.92. The van der Waals surface area contributed by atoms with Gasteiger partial charge in [0.2, 0.25) is 0 Å². The second-order valence-corrected chi connectivity index (χ2v) is 6.50. The van der Waals surface area contributed by atoms with E-state index < -0.39 is 0 Å². The van der Waals surface area contributed by atoms with Crippen molar-refractivity contribution in [3.63, 3.8) is 0 Å². The molecule has 1 N–H and O–H groups in total. The van der Waals surface area contributed by atoms with Crippen LogP contribution in [0.4, 0.5) is 0 Å². The number of hydrogen-bond donors (Lipinski definition) is 1. The number of nitrogens with zero attached hydrogens (tertiary/aromatic N) is 3. The minimum absolute atomic E-state index is 0. The van der Waals surface area contributed by atoms with E-state index in [-0.39, 0.29) is 24.0 Å². The summed E-state index contributed by atoms with van der Waals surface area (Å²) < 4.78 is 12.8. The Morgan fingerprint density at radius 3 is 2.54 bits per heavy atom. The average Bonchev–Trinajstić information content (AvgIpc) is 3.08. The van der Waals surface area contributed by atoms with Crippen LogP contribution in [0, 0.1) is 0 Å². The van der Waals surface area contributed by atoms with Gasteiger partial charge in [-0.15, -0.1) is 24.0 Å². The summed E-state index contributed by atoms with van der Waals surface area (Å²) in [6.45, 7) is 4.54. The molecule has 1 aromatic heterocycles. The summed E-state index contributed by atoms with van der Waals surface area (Å²) in [6, 6.07) is 10.3. The van der Waals surface area contributed by atoms with Crippen molar-refractivity contribution in [3.8, 4) is 11.5 Å². The highest BCUT2D eigenvalue weighted by molar-refractivity contribution is 14.0. The second kappa shape index (κ2) is 12.5. The van der Waals surface area contributed by atoms with E-state index in [0.29, 0.717) is 0 Å². The lowest BCUT2D eigenvalue weighted by molar-refractivity contribution is 0.354. The van der Waals surface area contributed by atoms with Crippen LogP contribution in [0.5, 0.6) is 11.5 Å². The molecular formula is C21H33IN4O2. The fourth-order valence-corrected chi connectivity index (χ4v) is 2.95. The summed E-state index contributed by atoms with van der Waals surface area (Å²) in [5.74, 6) is 2.47. The van der Waals surface area contributed by atoms with Crippen LogP contribution in [0.3, 0.4) is 0 Å². The minimum atomic E-state index is 0. The quantitative estimate of drug-likeness (QED) is 0.247. The molecule has 0 aliphatic rings. The number of guanidine groups is 1. The van der Waals surface area contributed by atoms with E-state index in [4.69, 9.17) is 14.5 Å². The van der Waals surface area contributed by atoms with Crippen LogP contribution in [-0.2, 0) is 20.0 Å². The van der Waals surface area contributed by atoms with Crippen molar-refractivity contribution >= 4 is 29.9 Å². The van der Waals surface area contributed by atoms with Crippen molar-refractivity contribution in [1.82, 2.24) is 14.8 Å². The van der Waals surface area contributed by atoms with Gasteiger partial charge in [-0.25, -0.2) is 0 Å². The Hall–Kier alpha value is -1.90. The van der Waals surface area contributed by atoms with Crippen LogP contribution < -0.4 is 14.8 Å². The van der Waals surface area contributed by atoms with E-state index in [1.807, 2.05) is 12.1 Å². The maximum Gasteiger partial charge on any atom is 0.194 e. The summed E-state index contributed by atoms with van der Waals surface area (Å²) in [5.41, 5.74) is 2.48. The Bertz CT molecular complexity index is 746. The lowest BCUT2D eigenvalue weighted by Gasteiger charge is -2.22. The van der Waals surface area contributed by atoms with E-state index in [9.17, 15) is 0 Å². The van der Waals surface area contributed by atoms with Crippen molar-refractivity contribution in [2.24, 2.45) is 12.0 Å². The van der Waals surface area contributed by atoms with E-state index in [1.165, 1.54) is 11.3 Å². The van der Waals surface area contributed by atoms with E-state index >= 15 is 0 Å². The van der Waals surface area contributed by atoms with Crippen molar-refractivity contribution < 1.29 is 9.47 Å². The SMILES string of the molecule is CCNC(=NCCCc1ccc(OC)c(OC)c1)N(C)Cc1cccn1C.I. The summed E-state index contributed by atoms with van der Waals surface area (Å²) in [5, 5.41) is 3.38. The zero-order valence-electron chi connectivity index (χ0n) is 17.6. The number of aromatic nitrogens is 1. The van der Waals surface area contributed by atoms with Crippen LogP contribution in [0.2, 0.25) is 0 Å². The highest BCUT2D eigenvalue weighted by atomic mass is 127. The molecule has 156 valence electrons. The smallest absolute Gasteiger partial charge is 0.194 e. The van der Waals surface area contributed by atoms with Gasteiger partial charge in [0.05, 0.1) is 20.8 Å². The van der Waals surface area contributed by atoms with Crippen LogP contribution in [-0.4, -0.2) is 49.8 Å². The molecule has 0 atom stereocenters. The van der Waals surface area contributed by atoms with Crippen molar-refractivity contribution in [2.75, 3.05) is 34.4 Å². The van der Waals surface area contributed by atoms with Crippen LogP contribution in [0.25, 0.3) is 0 Å². The standard InChI is InChI=1S/C21H32N4O2.HI/c1-6-22-21(25(3)16-18-10-8-14-24(18)2)23-13-7-9-17-11-12-19(26-4)20(15-17)27-5;/h8,10-12,14-15H,6-7,9,13,16H2,1-5H3,(H,22,23);1H. The van der Waals surface area contributed by atoms with E-state index in [1.54, 1.807) is 14.2 Å². The zero-order valence-corrected chi connectivity index (χ0v) is 19.9. The van der Waals surface area contributed by atoms with Gasteiger partial charge in [-0.2, -0.15) is 0 Å². The van der Waals surface area contributed by atoms with E-state index in [0.717, 1.165) is 49.9 Å². The van der Waals surface area contributed by atoms with Gasteiger partial charge in [-0.3, -0.25) is 4.99 Å². The highest BCUT2D eigenvalue weighted by Gasteiger charge is 2.08. The Kier molecular flexibility index (Phi) is 10.8. The van der Waals surface area contributed by atoms with E-state index in [2.05, 4.69) is 60.2 Å². The molecule has 0 saturated heterocycles. The number of aryl methyl sites for hydroxylation is 2. The second-order valence-electron chi connectivity index (χ2n) is 6.50. The number of nitrogens with one attached hydrogen (secondary N) is 1. The van der Waals surface area contributed by atoms with Gasteiger partial charge < -0.3 is 24.3 Å². The molecule has 1 heterocycles. The number of methoxy groups -OCH3 is 2. The Morgan fingerprint density at radius 2 is 1.93 bits per heavy atom. The number of aliphatic imine (C=N–C) groups is 1. The topological polar surface area (TPSA) is 51.0 Å². The Balaban J connectivity index is 0.00000392. The molecule has 0 saturated carbocycles. The third-order valence-electron chi connectivity index (χ3n) is 4.48. The zero-order chi connectivity index (χ0) is 19.6. The first kappa shape index (κ1) is 24.1. The molecule has 1 aromatic carbocycles. The summed E-state index contributed by atoms with van der Waals surface area (Å²) in [4.78, 5) is 6.94. The third-order valence-corrected chi connectivity index (χ3v) is 4.48. The van der Waals surface area contributed by atoms with Gasteiger partial charge in [0, 0.05) is 39.1 Å². The molecule has 0 radical (unpaired) electrons. The van der Waals surface area contributed by atoms with Gasteiger partial charge in [0.25, 0.3) is 0 Å². The van der Waals surface area contributed by atoms with Crippen LogP contribution in [0.1, 0.15) is 24.6 Å². The first-order valence-corrected chi connectivity index (χ1v) is 9.39. The molecular weight excluding hydrogens is 467 g/mol. The molecule has 0 unspecified atom stereocenters. The Labute approximate surface area is 185 Å². The normalized spacial score (nSPS) is 11.0. The Morgan fingerprint density at radius 1 is 1.18 bits per heavy atom. The summed E-state index contributed by atoms with van der Waals surface area (Å²) in [6.07, 6.45) is 3.99. The molecule has 0 fully saturated rings. The monoisotopic (exact) mass is 500 g/mol. The average molecular weight is 500 g/mol. The van der Waals surface area contributed by atoms with Gasteiger partial charge in [0.15, 0.2) is 17.5 Å². The van der Waals surface area contributed by atoms with Gasteiger partial charge in [-0.05, 0) is 49.6 Å². The highest BCUT2D eigenvalue weighted by Crippen LogP contribution is 2.27.